The Morgan fingerprint density at radius 2 is 0.820 bits per heavy atom. The van der Waals surface area contributed by atoms with Crippen LogP contribution in [0.5, 0.6) is 0 Å². The second-order valence-electron chi connectivity index (χ2n) is 13.5. The van der Waals surface area contributed by atoms with E-state index in [0.29, 0.717) is 37.6 Å². The SMILES string of the molecule is O=C1C[C@@H]2C[C@H](C1)OB(c1ccccc1)O2.OB(O)c1ccccc1.OC1CC(O)CC(O)C1.OC1C[C@@H]2C[C@H](C1)OB(c1ccccc1)O2. The standard InChI is InChI=1S/C12H15BO3.C12H13BO3.C6H7BO2.C6H12O3/c2*14-10-6-11-8-12(7-10)16-13(15-11)9-4-2-1-3-5-9;8-7(9)6-4-2-1-3-5-6;7-4-1-5(8)3-6(9)2-4/h1-5,10-12,14H,6-8H2;1-5,11-12H,6-8H2;1-5,8-9H;4-9H,1-3H2/t10?,11-,12+;11-,12+;;. The molecule has 4 bridgehead atoms. The van der Waals surface area contributed by atoms with Crippen LogP contribution >= 0.6 is 0 Å². The third kappa shape index (κ3) is 12.1. The van der Waals surface area contributed by atoms with E-state index in [1.54, 1.807) is 24.3 Å². The first-order valence-electron chi connectivity index (χ1n) is 17.5. The minimum absolute atomic E-state index is 0.0465. The smallest absolute Gasteiger partial charge is 0.423 e. The second kappa shape index (κ2) is 19.1. The number of hydrogen-bond donors (Lipinski definition) is 6. The summed E-state index contributed by atoms with van der Waals surface area (Å²) >= 11 is 0. The van der Waals surface area contributed by atoms with Gasteiger partial charge in [-0.1, -0.05) is 91.0 Å². The van der Waals surface area contributed by atoms with Gasteiger partial charge in [-0.05, 0) is 61.3 Å². The van der Waals surface area contributed by atoms with E-state index < -0.39 is 25.4 Å². The summed E-state index contributed by atoms with van der Waals surface area (Å²) in [6, 6.07) is 28.5. The minimum atomic E-state index is -1.34. The molecule has 2 heterocycles. The summed E-state index contributed by atoms with van der Waals surface area (Å²) in [6.45, 7) is 0. The topological polar surface area (TPSA) is 175 Å². The average molecular weight is 688 g/mol. The number of carbonyl (C=O) groups is 1. The quantitative estimate of drug-likeness (QED) is 0.208. The predicted octanol–water partition coefficient (Wildman–Crippen LogP) is 0.249. The zero-order chi connectivity index (χ0) is 35.5. The van der Waals surface area contributed by atoms with Gasteiger partial charge in [0.25, 0.3) is 0 Å². The highest BCUT2D eigenvalue weighted by molar-refractivity contribution is 6.62. The molecule has 5 fully saturated rings. The molecule has 3 aromatic rings. The fraction of sp³-hybridized carbons (Fsp3) is 0.472. The summed E-state index contributed by atoms with van der Waals surface area (Å²) in [4.78, 5) is 11.4. The van der Waals surface area contributed by atoms with Crippen molar-refractivity contribution in [2.24, 2.45) is 0 Å². The molecule has 266 valence electrons. The van der Waals surface area contributed by atoms with Gasteiger partial charge in [-0.3, -0.25) is 4.79 Å². The van der Waals surface area contributed by atoms with Crippen LogP contribution in [0.1, 0.15) is 57.8 Å². The first kappa shape index (κ1) is 38.4. The van der Waals surface area contributed by atoms with Crippen molar-refractivity contribution in [3.8, 4) is 0 Å². The molecule has 6 N–H and O–H groups in total. The molecular weight excluding hydrogens is 641 g/mol. The molecule has 5 aliphatic rings. The van der Waals surface area contributed by atoms with Gasteiger partial charge in [-0.15, -0.1) is 0 Å². The summed E-state index contributed by atoms with van der Waals surface area (Å²) in [5, 5.41) is 53.6. The van der Waals surface area contributed by atoms with Crippen molar-refractivity contribution < 1.29 is 53.9 Å². The van der Waals surface area contributed by atoms with Crippen LogP contribution in [0.25, 0.3) is 0 Å². The third-order valence-electron chi connectivity index (χ3n) is 9.17. The van der Waals surface area contributed by atoms with Crippen molar-refractivity contribution in [2.45, 2.75) is 107 Å². The maximum absolute atomic E-state index is 11.4. The maximum atomic E-state index is 11.4. The summed E-state index contributed by atoms with van der Waals surface area (Å²) < 4.78 is 23.2. The molecule has 1 unspecified atom stereocenters. The molecule has 5 atom stereocenters. The number of aliphatic hydroxyl groups excluding tert-OH is 4. The zero-order valence-electron chi connectivity index (χ0n) is 28.1. The number of ketones is 1. The molecule has 0 radical (unpaired) electrons. The fourth-order valence-electron chi connectivity index (χ4n) is 6.82. The Morgan fingerprint density at radius 3 is 1.20 bits per heavy atom. The molecule has 8 rings (SSSR count). The predicted molar refractivity (Wildman–Crippen MR) is 190 cm³/mol. The van der Waals surface area contributed by atoms with Gasteiger partial charge >= 0.3 is 21.4 Å². The van der Waals surface area contributed by atoms with E-state index in [1.165, 1.54) is 0 Å². The first-order chi connectivity index (χ1) is 24.1. The lowest BCUT2D eigenvalue weighted by Gasteiger charge is -2.40. The number of Topliss-reactive ketones (excluding diaryl/α,β-unsaturated/α-hetero) is 1. The van der Waals surface area contributed by atoms with Crippen LogP contribution in [0.4, 0.5) is 0 Å². The first-order valence-corrected chi connectivity index (χ1v) is 17.5. The lowest BCUT2D eigenvalue weighted by molar-refractivity contribution is -0.129. The lowest BCUT2D eigenvalue weighted by Crippen LogP contribution is -2.52. The van der Waals surface area contributed by atoms with Crippen LogP contribution < -0.4 is 16.4 Å². The highest BCUT2D eigenvalue weighted by atomic mass is 16.6. The van der Waals surface area contributed by atoms with E-state index in [9.17, 15) is 9.90 Å². The van der Waals surface area contributed by atoms with E-state index in [4.69, 9.17) is 44.0 Å². The number of hydrogen-bond acceptors (Lipinski definition) is 11. The highest BCUT2D eigenvalue weighted by Gasteiger charge is 2.41. The average Bonchev–Trinajstić information content (AvgIpc) is 3.09. The van der Waals surface area contributed by atoms with Crippen molar-refractivity contribution in [2.75, 3.05) is 0 Å². The van der Waals surface area contributed by atoms with Crippen molar-refractivity contribution in [1.82, 2.24) is 0 Å². The van der Waals surface area contributed by atoms with E-state index in [1.807, 2.05) is 66.7 Å². The van der Waals surface area contributed by atoms with Crippen LogP contribution in [-0.4, -0.2) is 106 Å². The molecule has 3 aromatic carbocycles. The van der Waals surface area contributed by atoms with Gasteiger partial charge in [0.15, 0.2) is 0 Å². The Balaban J connectivity index is 0.000000135. The molecule has 0 spiro atoms. The number of rotatable bonds is 3. The van der Waals surface area contributed by atoms with Gasteiger partial charge in [-0.2, -0.15) is 0 Å². The van der Waals surface area contributed by atoms with Crippen LogP contribution in [0, 0.1) is 0 Å². The molecular formula is C36H47B3O11. The monoisotopic (exact) mass is 688 g/mol. The zero-order valence-corrected chi connectivity index (χ0v) is 28.1. The Bertz CT molecular complexity index is 1370. The van der Waals surface area contributed by atoms with E-state index in [0.717, 1.165) is 36.6 Å². The summed E-state index contributed by atoms with van der Waals surface area (Å²) in [6.07, 6.45) is 4.17. The second-order valence-corrected chi connectivity index (χ2v) is 13.5. The van der Waals surface area contributed by atoms with Crippen LogP contribution in [0.2, 0.25) is 0 Å². The van der Waals surface area contributed by atoms with Gasteiger partial charge in [0.2, 0.25) is 0 Å². The van der Waals surface area contributed by atoms with E-state index >= 15 is 0 Å². The van der Waals surface area contributed by atoms with Crippen LogP contribution in [-0.2, 0) is 23.4 Å². The Kier molecular flexibility index (Phi) is 14.7. The number of aliphatic hydroxyl groups is 4. The molecule has 50 heavy (non-hydrogen) atoms. The molecule has 0 aromatic heterocycles. The molecule has 3 aliphatic carbocycles. The van der Waals surface area contributed by atoms with Gasteiger partial charge in [0.05, 0.1) is 36.6 Å². The molecule has 2 aliphatic heterocycles. The summed E-state index contributed by atoms with van der Waals surface area (Å²) in [7, 11) is -1.89. The van der Waals surface area contributed by atoms with Gasteiger partial charge in [0.1, 0.15) is 5.78 Å². The summed E-state index contributed by atoms with van der Waals surface area (Å²) in [5.74, 6) is 0.257. The van der Waals surface area contributed by atoms with E-state index in [-0.39, 0.29) is 50.5 Å². The number of benzene rings is 3. The fourth-order valence-corrected chi connectivity index (χ4v) is 6.82. The molecule has 14 heteroatoms. The molecule has 11 nitrogen and oxygen atoms in total. The highest BCUT2D eigenvalue weighted by Crippen LogP contribution is 2.29. The molecule has 2 saturated heterocycles. The van der Waals surface area contributed by atoms with Crippen LogP contribution in [0.3, 0.4) is 0 Å². The Morgan fingerprint density at radius 1 is 0.480 bits per heavy atom. The van der Waals surface area contributed by atoms with Gasteiger partial charge in [0, 0.05) is 25.0 Å². The largest absolute Gasteiger partial charge is 0.494 e. The summed E-state index contributed by atoms with van der Waals surface area (Å²) in [5.41, 5.74) is 2.62. The maximum Gasteiger partial charge on any atom is 0.494 e. The van der Waals surface area contributed by atoms with Crippen molar-refractivity contribution in [1.29, 1.82) is 0 Å². The molecule has 0 amide bonds. The molecule has 3 saturated carbocycles. The third-order valence-corrected chi connectivity index (χ3v) is 9.17. The van der Waals surface area contributed by atoms with Gasteiger partial charge < -0.3 is 49.1 Å². The van der Waals surface area contributed by atoms with Crippen molar-refractivity contribution in [3.63, 3.8) is 0 Å². The van der Waals surface area contributed by atoms with Crippen molar-refractivity contribution in [3.05, 3.63) is 91.0 Å². The van der Waals surface area contributed by atoms with E-state index in [2.05, 4.69) is 0 Å². The minimum Gasteiger partial charge on any atom is -0.423 e. The van der Waals surface area contributed by atoms with Crippen molar-refractivity contribution >= 4 is 43.5 Å². The Labute approximate surface area is 294 Å². The lowest BCUT2D eigenvalue weighted by atomic mass is 9.74. The van der Waals surface area contributed by atoms with Crippen LogP contribution in [0.15, 0.2) is 91.0 Å². The number of fused-ring (bicyclic) bond motifs is 4. The Hall–Kier alpha value is -2.88. The van der Waals surface area contributed by atoms with Gasteiger partial charge in [-0.25, -0.2) is 0 Å². The number of carbonyl (C=O) groups excluding carboxylic acids is 1. The normalized spacial score (nSPS) is 29.9.